The van der Waals surface area contributed by atoms with E-state index < -0.39 is 0 Å². The van der Waals surface area contributed by atoms with Gasteiger partial charge in [0.25, 0.3) is 0 Å². The van der Waals surface area contributed by atoms with Crippen LogP contribution in [0.2, 0.25) is 0 Å². The molecule has 0 saturated heterocycles. The van der Waals surface area contributed by atoms with Crippen molar-refractivity contribution in [3.8, 4) is 0 Å². The molecule has 1 aliphatic carbocycles. The molecular weight excluding hydrogens is 244 g/mol. The van der Waals surface area contributed by atoms with E-state index >= 15 is 0 Å². The van der Waals surface area contributed by atoms with Crippen LogP contribution in [0.3, 0.4) is 0 Å². The van der Waals surface area contributed by atoms with E-state index in [1.807, 2.05) is 0 Å². The van der Waals surface area contributed by atoms with Gasteiger partial charge in [-0.2, -0.15) is 0 Å². The second kappa shape index (κ2) is 5.06. The van der Waals surface area contributed by atoms with Crippen molar-refractivity contribution >= 4 is 0 Å². The van der Waals surface area contributed by atoms with Gasteiger partial charge in [-0.1, -0.05) is 42.0 Å². The van der Waals surface area contributed by atoms with Crippen LogP contribution in [-0.2, 0) is 12.8 Å². The van der Waals surface area contributed by atoms with Gasteiger partial charge in [0.05, 0.1) is 6.10 Å². The largest absolute Gasteiger partial charge is 0.392 e. The van der Waals surface area contributed by atoms with E-state index in [1.54, 1.807) is 0 Å². The number of benzene rings is 2. The van der Waals surface area contributed by atoms with Gasteiger partial charge in [-0.15, -0.1) is 0 Å². The summed E-state index contributed by atoms with van der Waals surface area (Å²) >= 11 is 0. The first-order chi connectivity index (χ1) is 9.56. The lowest BCUT2D eigenvalue weighted by Crippen LogP contribution is -2.30. The lowest BCUT2D eigenvalue weighted by Gasteiger charge is -2.34. The molecule has 20 heavy (non-hydrogen) atoms. The van der Waals surface area contributed by atoms with Gasteiger partial charge in [0.2, 0.25) is 0 Å². The summed E-state index contributed by atoms with van der Waals surface area (Å²) in [4.78, 5) is 0. The van der Waals surface area contributed by atoms with Crippen LogP contribution in [0.15, 0.2) is 36.4 Å². The Morgan fingerprint density at radius 3 is 2.40 bits per heavy atom. The van der Waals surface area contributed by atoms with Crippen molar-refractivity contribution in [3.63, 3.8) is 0 Å². The normalized spacial score (nSPS) is 18.3. The predicted molar refractivity (Wildman–Crippen MR) is 83.3 cm³/mol. The molecular formula is C19H22O. The maximum absolute atomic E-state index is 10.6. The second-order valence-electron chi connectivity index (χ2n) is 6.16. The highest BCUT2D eigenvalue weighted by atomic mass is 16.3. The average molecular weight is 266 g/mol. The topological polar surface area (TPSA) is 20.2 Å². The van der Waals surface area contributed by atoms with Gasteiger partial charge in [-0.3, -0.25) is 0 Å². The molecule has 0 radical (unpaired) electrons. The maximum atomic E-state index is 10.6. The van der Waals surface area contributed by atoms with Gasteiger partial charge in [0, 0.05) is 5.92 Å². The third-order valence-corrected chi connectivity index (χ3v) is 4.61. The summed E-state index contributed by atoms with van der Waals surface area (Å²) in [6, 6.07) is 12.9. The molecule has 0 aliphatic heterocycles. The highest BCUT2D eigenvalue weighted by molar-refractivity contribution is 5.43. The third kappa shape index (κ3) is 2.27. The molecule has 2 aromatic rings. The first-order valence-corrected chi connectivity index (χ1v) is 7.39. The Labute approximate surface area is 121 Å². The minimum Gasteiger partial charge on any atom is -0.392 e. The zero-order valence-electron chi connectivity index (χ0n) is 12.5. The van der Waals surface area contributed by atoms with Crippen molar-refractivity contribution in [3.05, 3.63) is 69.8 Å². The third-order valence-electron chi connectivity index (χ3n) is 4.61. The van der Waals surface area contributed by atoms with E-state index in [-0.39, 0.29) is 6.10 Å². The quantitative estimate of drug-likeness (QED) is 0.894. The van der Waals surface area contributed by atoms with Gasteiger partial charge in [-0.25, -0.2) is 0 Å². The summed E-state index contributed by atoms with van der Waals surface area (Å²) in [6.07, 6.45) is 1.50. The molecule has 0 saturated carbocycles. The number of rotatable bonds is 3. The Morgan fingerprint density at radius 2 is 1.75 bits per heavy atom. The Bertz CT molecular complexity index is 619. The first kappa shape index (κ1) is 13.4. The van der Waals surface area contributed by atoms with Crippen molar-refractivity contribution < 1.29 is 5.11 Å². The van der Waals surface area contributed by atoms with E-state index in [0.717, 1.165) is 12.8 Å². The van der Waals surface area contributed by atoms with Gasteiger partial charge in [-0.05, 0) is 61.4 Å². The predicted octanol–water partition coefficient (Wildman–Crippen LogP) is 3.86. The number of fused-ring (bicyclic) bond motifs is 1. The summed E-state index contributed by atoms with van der Waals surface area (Å²) in [7, 11) is 0. The minimum atomic E-state index is -0.273. The second-order valence-corrected chi connectivity index (χ2v) is 6.16. The lowest BCUT2D eigenvalue weighted by molar-refractivity contribution is 0.133. The van der Waals surface area contributed by atoms with Crippen LogP contribution in [0.4, 0.5) is 0 Å². The number of aliphatic hydroxyl groups is 1. The zero-order chi connectivity index (χ0) is 14.3. The van der Waals surface area contributed by atoms with Crippen LogP contribution in [0.5, 0.6) is 0 Å². The highest BCUT2D eigenvalue weighted by Gasteiger charge is 2.31. The summed E-state index contributed by atoms with van der Waals surface area (Å²) in [6.45, 7) is 6.43. The molecule has 0 amide bonds. The molecule has 0 heterocycles. The van der Waals surface area contributed by atoms with Gasteiger partial charge < -0.3 is 5.11 Å². The van der Waals surface area contributed by atoms with Gasteiger partial charge in [0.15, 0.2) is 0 Å². The van der Waals surface area contributed by atoms with E-state index in [2.05, 4.69) is 57.2 Å². The number of aryl methyl sites for hydroxylation is 3. The molecule has 0 fully saturated rings. The van der Waals surface area contributed by atoms with Crippen molar-refractivity contribution in [1.29, 1.82) is 0 Å². The molecule has 2 atom stereocenters. The molecule has 2 aromatic carbocycles. The molecule has 1 heteroatoms. The molecule has 104 valence electrons. The maximum Gasteiger partial charge on any atom is 0.0652 e. The SMILES string of the molecule is Cc1cc(C)c(CC(O)C2Cc3ccccc32)c(C)c1. The summed E-state index contributed by atoms with van der Waals surface area (Å²) in [5, 5.41) is 10.6. The highest BCUT2D eigenvalue weighted by Crippen LogP contribution is 2.38. The number of hydrogen-bond acceptors (Lipinski definition) is 1. The van der Waals surface area contributed by atoms with Crippen molar-refractivity contribution in [1.82, 2.24) is 0 Å². The Morgan fingerprint density at radius 1 is 1.10 bits per heavy atom. The number of hydrogen-bond donors (Lipinski definition) is 1. The fraction of sp³-hybridized carbons (Fsp3) is 0.368. The van der Waals surface area contributed by atoms with Crippen LogP contribution < -0.4 is 0 Å². The van der Waals surface area contributed by atoms with Gasteiger partial charge >= 0.3 is 0 Å². The molecule has 0 bridgehead atoms. The average Bonchev–Trinajstić information content (AvgIpc) is 2.35. The Hall–Kier alpha value is -1.60. The van der Waals surface area contributed by atoms with Crippen LogP contribution in [-0.4, -0.2) is 11.2 Å². The summed E-state index contributed by atoms with van der Waals surface area (Å²) in [5.74, 6) is 0.311. The van der Waals surface area contributed by atoms with Crippen molar-refractivity contribution in [2.75, 3.05) is 0 Å². The van der Waals surface area contributed by atoms with E-state index in [1.165, 1.54) is 33.4 Å². The Kier molecular flexibility index (Phi) is 3.39. The summed E-state index contributed by atoms with van der Waals surface area (Å²) in [5.41, 5.74) is 7.94. The zero-order valence-corrected chi connectivity index (χ0v) is 12.5. The van der Waals surface area contributed by atoms with Gasteiger partial charge in [0.1, 0.15) is 0 Å². The molecule has 0 spiro atoms. The Balaban J connectivity index is 1.80. The molecule has 0 aromatic heterocycles. The van der Waals surface area contributed by atoms with E-state index in [4.69, 9.17) is 0 Å². The monoisotopic (exact) mass is 266 g/mol. The van der Waals surface area contributed by atoms with Crippen molar-refractivity contribution in [2.45, 2.75) is 45.6 Å². The van der Waals surface area contributed by atoms with E-state index in [0.29, 0.717) is 5.92 Å². The number of aliphatic hydroxyl groups excluding tert-OH is 1. The van der Waals surface area contributed by atoms with Crippen LogP contribution in [0.1, 0.15) is 39.3 Å². The fourth-order valence-electron chi connectivity index (χ4n) is 3.52. The molecule has 2 unspecified atom stereocenters. The molecule has 1 N–H and O–H groups in total. The molecule has 3 rings (SSSR count). The fourth-order valence-corrected chi connectivity index (χ4v) is 3.52. The smallest absolute Gasteiger partial charge is 0.0652 e. The van der Waals surface area contributed by atoms with Crippen LogP contribution in [0.25, 0.3) is 0 Å². The molecule has 1 aliphatic rings. The standard InChI is InChI=1S/C19H22O/c1-12-8-13(2)17(14(3)9-12)11-19(20)18-10-15-6-4-5-7-16(15)18/h4-9,18-20H,10-11H2,1-3H3. The van der Waals surface area contributed by atoms with E-state index in [9.17, 15) is 5.11 Å². The summed E-state index contributed by atoms with van der Waals surface area (Å²) < 4.78 is 0. The molecule has 1 nitrogen and oxygen atoms in total. The van der Waals surface area contributed by atoms with Crippen LogP contribution in [0, 0.1) is 20.8 Å². The first-order valence-electron chi connectivity index (χ1n) is 7.39. The van der Waals surface area contributed by atoms with Crippen LogP contribution >= 0.6 is 0 Å². The van der Waals surface area contributed by atoms with Crippen molar-refractivity contribution in [2.24, 2.45) is 0 Å². The lowest BCUT2D eigenvalue weighted by atomic mass is 9.73. The minimum absolute atomic E-state index is 0.273.